The Bertz CT molecular complexity index is 641. The Kier molecular flexibility index (Phi) is 3.31. The van der Waals surface area contributed by atoms with Gasteiger partial charge in [0.2, 0.25) is 0 Å². The molecular formula is C18H18O2. The minimum atomic E-state index is -0.0183. The molecule has 0 N–H and O–H groups in total. The number of rotatable bonds is 2. The predicted molar refractivity (Wildman–Crippen MR) is 79.6 cm³/mol. The molecule has 2 aromatic rings. The zero-order valence-electron chi connectivity index (χ0n) is 11.8. The number of hydrogen-bond donors (Lipinski definition) is 0. The first kappa shape index (κ1) is 12.9. The maximum atomic E-state index is 12.7. The van der Waals surface area contributed by atoms with Crippen LogP contribution in [0.15, 0.2) is 42.5 Å². The molecule has 0 bridgehead atoms. The lowest BCUT2D eigenvalue weighted by atomic mass is 9.79. The molecule has 0 aromatic heterocycles. The smallest absolute Gasteiger partial charge is 0.170 e. The fraction of sp³-hybridized carbons (Fsp3) is 0.278. The standard InChI is InChI=1S/C18H18O2/c1-12-3-4-14-7-10-16(18(19)17(14)11-12)13-5-8-15(20-2)9-6-13/h3-6,8-9,11,16H,7,10H2,1-2H3. The first-order valence-corrected chi connectivity index (χ1v) is 6.97. The number of benzene rings is 2. The summed E-state index contributed by atoms with van der Waals surface area (Å²) in [7, 11) is 1.65. The van der Waals surface area contributed by atoms with Gasteiger partial charge in [-0.3, -0.25) is 4.79 Å². The monoisotopic (exact) mass is 266 g/mol. The van der Waals surface area contributed by atoms with E-state index in [1.807, 2.05) is 37.3 Å². The molecule has 0 saturated carbocycles. The van der Waals surface area contributed by atoms with Crippen molar-refractivity contribution in [3.63, 3.8) is 0 Å². The normalized spacial score (nSPS) is 17.7. The number of carbonyl (C=O) groups is 1. The Balaban J connectivity index is 1.94. The number of aryl methyl sites for hydroxylation is 2. The molecule has 20 heavy (non-hydrogen) atoms. The second-order valence-electron chi connectivity index (χ2n) is 5.39. The molecule has 0 fully saturated rings. The van der Waals surface area contributed by atoms with Crippen LogP contribution in [0.3, 0.4) is 0 Å². The van der Waals surface area contributed by atoms with Gasteiger partial charge in [-0.05, 0) is 49.1 Å². The predicted octanol–water partition coefficient (Wildman–Crippen LogP) is 3.92. The van der Waals surface area contributed by atoms with Gasteiger partial charge in [-0.25, -0.2) is 0 Å². The highest BCUT2D eigenvalue weighted by Gasteiger charge is 2.28. The van der Waals surface area contributed by atoms with Gasteiger partial charge in [0, 0.05) is 11.5 Å². The zero-order chi connectivity index (χ0) is 14.1. The molecule has 1 aliphatic carbocycles. The average Bonchev–Trinajstić information content (AvgIpc) is 2.48. The summed E-state index contributed by atoms with van der Waals surface area (Å²) >= 11 is 0. The Morgan fingerprint density at radius 3 is 2.55 bits per heavy atom. The summed E-state index contributed by atoms with van der Waals surface area (Å²) in [5.74, 6) is 1.06. The van der Waals surface area contributed by atoms with E-state index in [0.29, 0.717) is 0 Å². The fourth-order valence-corrected chi connectivity index (χ4v) is 2.91. The van der Waals surface area contributed by atoms with Gasteiger partial charge < -0.3 is 4.74 Å². The van der Waals surface area contributed by atoms with Gasteiger partial charge >= 0.3 is 0 Å². The molecule has 0 spiro atoms. The van der Waals surface area contributed by atoms with Gasteiger partial charge in [-0.2, -0.15) is 0 Å². The Morgan fingerprint density at radius 2 is 1.85 bits per heavy atom. The van der Waals surface area contributed by atoms with E-state index in [2.05, 4.69) is 12.1 Å². The summed E-state index contributed by atoms with van der Waals surface area (Å²) in [5.41, 5.74) is 4.32. The minimum Gasteiger partial charge on any atom is -0.497 e. The average molecular weight is 266 g/mol. The van der Waals surface area contributed by atoms with E-state index >= 15 is 0 Å². The van der Waals surface area contributed by atoms with Crippen LogP contribution in [0.25, 0.3) is 0 Å². The quantitative estimate of drug-likeness (QED) is 0.823. The van der Waals surface area contributed by atoms with E-state index in [9.17, 15) is 4.79 Å². The van der Waals surface area contributed by atoms with E-state index in [-0.39, 0.29) is 11.7 Å². The van der Waals surface area contributed by atoms with Crippen LogP contribution in [-0.4, -0.2) is 12.9 Å². The topological polar surface area (TPSA) is 26.3 Å². The van der Waals surface area contributed by atoms with Crippen molar-refractivity contribution in [3.8, 4) is 5.75 Å². The van der Waals surface area contributed by atoms with Crippen LogP contribution >= 0.6 is 0 Å². The first-order chi connectivity index (χ1) is 9.69. The third kappa shape index (κ3) is 2.22. The lowest BCUT2D eigenvalue weighted by molar-refractivity contribution is 0.0946. The fourth-order valence-electron chi connectivity index (χ4n) is 2.91. The van der Waals surface area contributed by atoms with Crippen molar-refractivity contribution in [1.82, 2.24) is 0 Å². The maximum Gasteiger partial charge on any atom is 0.170 e. The van der Waals surface area contributed by atoms with Crippen molar-refractivity contribution in [2.45, 2.75) is 25.7 Å². The van der Waals surface area contributed by atoms with Crippen LogP contribution in [-0.2, 0) is 6.42 Å². The van der Waals surface area contributed by atoms with Crippen LogP contribution in [0.1, 0.15) is 39.4 Å². The summed E-state index contributed by atoms with van der Waals surface area (Å²) in [4.78, 5) is 12.7. The molecule has 102 valence electrons. The molecule has 0 radical (unpaired) electrons. The second-order valence-corrected chi connectivity index (χ2v) is 5.39. The van der Waals surface area contributed by atoms with Crippen LogP contribution in [0.5, 0.6) is 5.75 Å². The van der Waals surface area contributed by atoms with Gasteiger partial charge in [0.25, 0.3) is 0 Å². The van der Waals surface area contributed by atoms with Gasteiger partial charge in [0.05, 0.1) is 7.11 Å². The SMILES string of the molecule is COc1ccc(C2CCc3ccc(C)cc3C2=O)cc1. The van der Waals surface area contributed by atoms with E-state index in [0.717, 1.165) is 35.3 Å². The molecule has 0 aliphatic heterocycles. The van der Waals surface area contributed by atoms with Crippen LogP contribution in [0.4, 0.5) is 0 Å². The van der Waals surface area contributed by atoms with Crippen LogP contribution in [0.2, 0.25) is 0 Å². The largest absolute Gasteiger partial charge is 0.497 e. The van der Waals surface area contributed by atoms with Crippen LogP contribution in [0, 0.1) is 6.92 Å². The summed E-state index contributed by atoms with van der Waals surface area (Å²) in [6.45, 7) is 2.03. The molecule has 1 aliphatic rings. The number of carbonyl (C=O) groups excluding carboxylic acids is 1. The van der Waals surface area contributed by atoms with Crippen LogP contribution < -0.4 is 4.74 Å². The molecule has 2 aromatic carbocycles. The first-order valence-electron chi connectivity index (χ1n) is 6.97. The number of hydrogen-bond acceptors (Lipinski definition) is 2. The summed E-state index contributed by atoms with van der Waals surface area (Å²) in [5, 5.41) is 0. The van der Waals surface area contributed by atoms with Crippen molar-refractivity contribution >= 4 is 5.78 Å². The minimum absolute atomic E-state index is 0.0183. The summed E-state index contributed by atoms with van der Waals surface area (Å²) < 4.78 is 5.17. The summed E-state index contributed by atoms with van der Waals surface area (Å²) in [6.07, 6.45) is 1.86. The Labute approximate surface area is 119 Å². The third-order valence-electron chi connectivity index (χ3n) is 4.07. The maximum absolute atomic E-state index is 12.7. The molecule has 1 atom stereocenters. The number of ether oxygens (including phenoxy) is 1. The molecule has 2 heteroatoms. The molecule has 2 nitrogen and oxygen atoms in total. The molecule has 3 rings (SSSR count). The van der Waals surface area contributed by atoms with Crippen molar-refractivity contribution < 1.29 is 9.53 Å². The number of Topliss-reactive ketones (excluding diaryl/α,β-unsaturated/α-hetero) is 1. The van der Waals surface area contributed by atoms with Gasteiger partial charge in [-0.15, -0.1) is 0 Å². The molecule has 0 heterocycles. The van der Waals surface area contributed by atoms with Gasteiger partial charge in [0.15, 0.2) is 5.78 Å². The van der Waals surface area contributed by atoms with E-state index in [4.69, 9.17) is 4.74 Å². The third-order valence-corrected chi connectivity index (χ3v) is 4.07. The van der Waals surface area contributed by atoms with Gasteiger partial charge in [-0.1, -0.05) is 29.8 Å². The van der Waals surface area contributed by atoms with Crippen molar-refractivity contribution in [3.05, 3.63) is 64.7 Å². The zero-order valence-corrected chi connectivity index (χ0v) is 11.8. The molecule has 0 amide bonds. The van der Waals surface area contributed by atoms with Crippen molar-refractivity contribution in [2.75, 3.05) is 7.11 Å². The lowest BCUT2D eigenvalue weighted by Gasteiger charge is -2.24. The second kappa shape index (κ2) is 5.12. The van der Waals surface area contributed by atoms with E-state index < -0.39 is 0 Å². The highest BCUT2D eigenvalue weighted by atomic mass is 16.5. The molecule has 1 unspecified atom stereocenters. The highest BCUT2D eigenvalue weighted by molar-refractivity contribution is 6.03. The number of ketones is 1. The molecular weight excluding hydrogens is 248 g/mol. The van der Waals surface area contributed by atoms with Crippen molar-refractivity contribution in [2.24, 2.45) is 0 Å². The lowest BCUT2D eigenvalue weighted by Crippen LogP contribution is -2.21. The van der Waals surface area contributed by atoms with E-state index in [1.54, 1.807) is 7.11 Å². The van der Waals surface area contributed by atoms with Crippen molar-refractivity contribution in [1.29, 1.82) is 0 Å². The molecule has 0 saturated heterocycles. The highest BCUT2D eigenvalue weighted by Crippen LogP contribution is 2.33. The number of methoxy groups -OCH3 is 1. The Morgan fingerprint density at radius 1 is 1.10 bits per heavy atom. The van der Waals surface area contributed by atoms with Gasteiger partial charge in [0.1, 0.15) is 5.75 Å². The van der Waals surface area contributed by atoms with E-state index in [1.165, 1.54) is 5.56 Å². The number of fused-ring (bicyclic) bond motifs is 1. The summed E-state index contributed by atoms with van der Waals surface area (Å²) in [6, 6.07) is 14.0. The Hall–Kier alpha value is -2.09.